The Balaban J connectivity index is 0.00000176. The molecule has 0 bridgehead atoms. The number of aromatic amines is 1. The molecule has 118 valence electrons. The van der Waals surface area contributed by atoms with Gasteiger partial charge in [-0.3, -0.25) is 9.89 Å². The summed E-state index contributed by atoms with van der Waals surface area (Å²) in [6, 6.07) is 6.34. The highest BCUT2D eigenvalue weighted by atomic mass is 35.5. The Morgan fingerprint density at radius 2 is 2.23 bits per heavy atom. The SMILES string of the molecule is Cl.NCC1CCN(C(=O)c2cn[nH]c2-c2ccccc2F)C1. The third-order valence-electron chi connectivity index (χ3n) is 3.92. The van der Waals surface area contributed by atoms with Gasteiger partial charge in [0.1, 0.15) is 5.82 Å². The second kappa shape index (κ2) is 6.89. The van der Waals surface area contributed by atoms with E-state index in [0.29, 0.717) is 42.4 Å². The first-order chi connectivity index (χ1) is 10.2. The highest BCUT2D eigenvalue weighted by molar-refractivity contribution is 5.99. The van der Waals surface area contributed by atoms with E-state index in [1.807, 2.05) is 0 Å². The average Bonchev–Trinajstić information content (AvgIpc) is 3.16. The van der Waals surface area contributed by atoms with Gasteiger partial charge in [-0.1, -0.05) is 12.1 Å². The van der Waals surface area contributed by atoms with Crippen molar-refractivity contribution in [3.05, 3.63) is 41.8 Å². The zero-order valence-electron chi connectivity index (χ0n) is 12.0. The van der Waals surface area contributed by atoms with Crippen LogP contribution in [0.2, 0.25) is 0 Å². The minimum absolute atomic E-state index is 0. The number of aromatic nitrogens is 2. The summed E-state index contributed by atoms with van der Waals surface area (Å²) in [4.78, 5) is 14.3. The molecule has 2 heterocycles. The fourth-order valence-corrected chi connectivity index (χ4v) is 2.70. The maximum atomic E-state index is 13.9. The molecule has 0 aliphatic carbocycles. The number of nitrogens with two attached hydrogens (primary N) is 1. The molecule has 1 atom stereocenters. The van der Waals surface area contributed by atoms with Crippen LogP contribution in [0, 0.1) is 11.7 Å². The Bertz CT molecular complexity index is 660. The Kier molecular flexibility index (Phi) is 5.15. The highest BCUT2D eigenvalue weighted by Crippen LogP contribution is 2.26. The van der Waals surface area contributed by atoms with Crippen LogP contribution in [-0.2, 0) is 0 Å². The van der Waals surface area contributed by atoms with Gasteiger partial charge in [0.15, 0.2) is 0 Å². The Hall–Kier alpha value is -1.92. The van der Waals surface area contributed by atoms with Gasteiger partial charge in [-0.2, -0.15) is 5.10 Å². The van der Waals surface area contributed by atoms with Crippen LogP contribution >= 0.6 is 12.4 Å². The number of nitrogens with one attached hydrogen (secondary N) is 1. The number of carbonyl (C=O) groups excluding carboxylic acids is 1. The zero-order chi connectivity index (χ0) is 14.8. The maximum absolute atomic E-state index is 13.9. The van der Waals surface area contributed by atoms with Gasteiger partial charge in [0.25, 0.3) is 5.91 Å². The summed E-state index contributed by atoms with van der Waals surface area (Å²) in [5, 5.41) is 6.64. The molecule has 0 saturated carbocycles. The molecule has 0 radical (unpaired) electrons. The minimum Gasteiger partial charge on any atom is -0.338 e. The van der Waals surface area contributed by atoms with Gasteiger partial charge < -0.3 is 10.6 Å². The molecule has 0 spiro atoms. The van der Waals surface area contributed by atoms with Crippen LogP contribution in [0.3, 0.4) is 0 Å². The number of H-pyrrole nitrogens is 1. The van der Waals surface area contributed by atoms with Crippen molar-refractivity contribution >= 4 is 18.3 Å². The molecule has 1 aliphatic rings. The van der Waals surface area contributed by atoms with Crippen LogP contribution in [-0.4, -0.2) is 40.6 Å². The van der Waals surface area contributed by atoms with Gasteiger partial charge in [-0.05, 0) is 31.0 Å². The molecule has 1 unspecified atom stereocenters. The largest absolute Gasteiger partial charge is 0.338 e. The van der Waals surface area contributed by atoms with Crippen LogP contribution in [0.4, 0.5) is 4.39 Å². The predicted molar refractivity (Wildman–Crippen MR) is 84.3 cm³/mol. The Morgan fingerprint density at radius 1 is 1.45 bits per heavy atom. The van der Waals surface area contributed by atoms with Crippen molar-refractivity contribution in [1.82, 2.24) is 15.1 Å². The van der Waals surface area contributed by atoms with E-state index in [1.165, 1.54) is 12.3 Å². The van der Waals surface area contributed by atoms with Crippen molar-refractivity contribution in [2.24, 2.45) is 11.7 Å². The third-order valence-corrected chi connectivity index (χ3v) is 3.92. The molecular formula is C15H18ClFN4O. The number of rotatable bonds is 3. The number of hydrogen-bond donors (Lipinski definition) is 2. The Labute approximate surface area is 134 Å². The lowest BCUT2D eigenvalue weighted by atomic mass is 10.1. The molecule has 1 amide bonds. The number of nitrogens with zero attached hydrogens (tertiary/aromatic N) is 2. The molecule has 2 aromatic rings. The molecule has 3 rings (SSSR count). The first-order valence-corrected chi connectivity index (χ1v) is 6.98. The van der Waals surface area contributed by atoms with Crippen molar-refractivity contribution in [3.63, 3.8) is 0 Å². The van der Waals surface area contributed by atoms with Crippen molar-refractivity contribution in [3.8, 4) is 11.3 Å². The van der Waals surface area contributed by atoms with Gasteiger partial charge >= 0.3 is 0 Å². The average molecular weight is 325 g/mol. The summed E-state index contributed by atoms with van der Waals surface area (Å²) in [5.74, 6) is -0.159. The molecule has 3 N–H and O–H groups in total. The molecule has 1 aliphatic heterocycles. The summed E-state index contributed by atoms with van der Waals surface area (Å²) in [6.45, 7) is 1.91. The molecule has 1 aromatic carbocycles. The van der Waals surface area contributed by atoms with E-state index in [4.69, 9.17) is 5.73 Å². The van der Waals surface area contributed by atoms with Crippen molar-refractivity contribution in [1.29, 1.82) is 0 Å². The standard InChI is InChI=1S/C15H17FN4O.ClH/c16-13-4-2-1-3-11(13)14-12(8-18-19-14)15(21)20-6-5-10(7-17)9-20;/h1-4,8,10H,5-7,9,17H2,(H,18,19);1H. The number of benzene rings is 1. The van der Waals surface area contributed by atoms with E-state index < -0.39 is 0 Å². The number of carbonyl (C=O) groups is 1. The second-order valence-electron chi connectivity index (χ2n) is 5.28. The first kappa shape index (κ1) is 16.5. The lowest BCUT2D eigenvalue weighted by Gasteiger charge is -2.16. The van der Waals surface area contributed by atoms with Crippen LogP contribution in [0.1, 0.15) is 16.8 Å². The normalized spacial score (nSPS) is 17.4. The molecule has 7 heteroatoms. The van der Waals surface area contributed by atoms with E-state index in [0.717, 1.165) is 6.42 Å². The van der Waals surface area contributed by atoms with Gasteiger partial charge in [0.05, 0.1) is 17.5 Å². The molecule has 1 aromatic heterocycles. The van der Waals surface area contributed by atoms with E-state index in [9.17, 15) is 9.18 Å². The summed E-state index contributed by atoms with van der Waals surface area (Å²) < 4.78 is 13.9. The van der Waals surface area contributed by atoms with Gasteiger partial charge in [0, 0.05) is 18.7 Å². The topological polar surface area (TPSA) is 75.0 Å². The minimum atomic E-state index is -0.378. The van der Waals surface area contributed by atoms with Crippen molar-refractivity contribution in [2.45, 2.75) is 6.42 Å². The quantitative estimate of drug-likeness (QED) is 0.907. The molecule has 5 nitrogen and oxygen atoms in total. The second-order valence-corrected chi connectivity index (χ2v) is 5.28. The van der Waals surface area contributed by atoms with Crippen LogP contribution in [0.15, 0.2) is 30.5 Å². The van der Waals surface area contributed by atoms with Gasteiger partial charge in [-0.15, -0.1) is 12.4 Å². The van der Waals surface area contributed by atoms with E-state index in [1.54, 1.807) is 23.1 Å². The molecule has 1 fully saturated rings. The highest BCUT2D eigenvalue weighted by Gasteiger charge is 2.28. The number of halogens is 2. The van der Waals surface area contributed by atoms with Gasteiger partial charge in [0.2, 0.25) is 0 Å². The molecule has 22 heavy (non-hydrogen) atoms. The lowest BCUT2D eigenvalue weighted by Crippen LogP contribution is -2.30. The summed E-state index contributed by atoms with van der Waals surface area (Å²) in [6.07, 6.45) is 2.37. The summed E-state index contributed by atoms with van der Waals surface area (Å²) in [7, 11) is 0. The van der Waals surface area contributed by atoms with Crippen LogP contribution in [0.5, 0.6) is 0 Å². The number of amides is 1. The third kappa shape index (κ3) is 2.98. The predicted octanol–water partition coefficient (Wildman–Crippen LogP) is 2.06. The first-order valence-electron chi connectivity index (χ1n) is 6.98. The van der Waals surface area contributed by atoms with E-state index in [2.05, 4.69) is 10.2 Å². The molecule has 1 saturated heterocycles. The smallest absolute Gasteiger partial charge is 0.257 e. The Morgan fingerprint density at radius 3 is 2.91 bits per heavy atom. The molecular weight excluding hydrogens is 307 g/mol. The van der Waals surface area contributed by atoms with Crippen LogP contribution in [0.25, 0.3) is 11.3 Å². The van der Waals surface area contributed by atoms with Crippen molar-refractivity contribution in [2.75, 3.05) is 19.6 Å². The summed E-state index contributed by atoms with van der Waals surface area (Å²) in [5.41, 5.74) is 6.83. The summed E-state index contributed by atoms with van der Waals surface area (Å²) >= 11 is 0. The number of likely N-dealkylation sites (tertiary alicyclic amines) is 1. The monoisotopic (exact) mass is 324 g/mol. The fraction of sp³-hybridized carbons (Fsp3) is 0.333. The van der Waals surface area contributed by atoms with Gasteiger partial charge in [-0.25, -0.2) is 4.39 Å². The van der Waals surface area contributed by atoms with E-state index >= 15 is 0 Å². The number of hydrogen-bond acceptors (Lipinski definition) is 3. The van der Waals surface area contributed by atoms with E-state index in [-0.39, 0.29) is 24.1 Å². The maximum Gasteiger partial charge on any atom is 0.257 e. The fourth-order valence-electron chi connectivity index (χ4n) is 2.70. The zero-order valence-corrected chi connectivity index (χ0v) is 12.8. The lowest BCUT2D eigenvalue weighted by molar-refractivity contribution is 0.0788. The van der Waals surface area contributed by atoms with Crippen molar-refractivity contribution < 1.29 is 9.18 Å². The van der Waals surface area contributed by atoms with Crippen LogP contribution < -0.4 is 5.73 Å².